The molecule has 0 saturated carbocycles. The fraction of sp³-hybridized carbons (Fsp3) is 0.588. The maximum Gasteiger partial charge on any atom is -0.00896 e. The molecule has 0 N–H and O–H groups in total. The molecule has 0 spiro atoms. The molecule has 1 aliphatic carbocycles. The van der Waals surface area contributed by atoms with Gasteiger partial charge in [0, 0.05) is 0 Å². The van der Waals surface area contributed by atoms with Gasteiger partial charge in [0.2, 0.25) is 0 Å². The summed E-state index contributed by atoms with van der Waals surface area (Å²) in [6.45, 7) is 13.4. The molecule has 3 unspecified atom stereocenters. The van der Waals surface area contributed by atoms with Gasteiger partial charge in [-0.05, 0) is 56.1 Å². The highest BCUT2D eigenvalue weighted by Gasteiger charge is 2.25. The first-order chi connectivity index (χ1) is 8.01. The lowest BCUT2D eigenvalue weighted by Crippen LogP contribution is -2.21. The summed E-state index contributed by atoms with van der Waals surface area (Å²) < 4.78 is 0. The lowest BCUT2D eigenvalue weighted by Gasteiger charge is -2.30. The van der Waals surface area contributed by atoms with E-state index in [0.717, 1.165) is 6.42 Å². The quantitative estimate of drug-likeness (QED) is 0.446. The van der Waals surface area contributed by atoms with E-state index in [1.807, 2.05) is 0 Å². The van der Waals surface area contributed by atoms with Crippen molar-refractivity contribution in [1.29, 1.82) is 0 Å². The van der Waals surface area contributed by atoms with Gasteiger partial charge >= 0.3 is 0 Å². The maximum atomic E-state index is 3.53. The van der Waals surface area contributed by atoms with Crippen LogP contribution < -0.4 is 0 Å². The van der Waals surface area contributed by atoms with Crippen molar-refractivity contribution in [2.45, 2.75) is 48.0 Å². The van der Waals surface area contributed by atoms with E-state index in [1.54, 1.807) is 5.57 Å². The number of allylic oxidation sites excluding steroid dienone is 5. The Hall–Kier alpha value is -1.00. The Balaban J connectivity index is 3.30. The van der Waals surface area contributed by atoms with Gasteiger partial charge in [-0.15, -0.1) is 5.73 Å². The van der Waals surface area contributed by atoms with Crippen molar-refractivity contribution in [3.05, 3.63) is 40.7 Å². The molecule has 0 aliphatic heterocycles. The number of hydrogen-bond donors (Lipinski definition) is 0. The molecule has 0 aromatic rings. The summed E-state index contributed by atoms with van der Waals surface area (Å²) in [5.74, 6) is 1.80. The Morgan fingerprint density at radius 3 is 2.41 bits per heavy atom. The molecule has 17 heavy (non-hydrogen) atoms. The molecular weight excluding hydrogens is 204 g/mol. The van der Waals surface area contributed by atoms with Crippen LogP contribution in [0.4, 0.5) is 0 Å². The van der Waals surface area contributed by atoms with E-state index in [1.165, 1.54) is 11.1 Å². The lowest BCUT2D eigenvalue weighted by molar-refractivity contribution is 0.380. The van der Waals surface area contributed by atoms with E-state index in [0.29, 0.717) is 17.8 Å². The molecule has 3 atom stereocenters. The third-order valence-electron chi connectivity index (χ3n) is 4.04. The van der Waals surface area contributed by atoms with E-state index in [4.69, 9.17) is 0 Å². The standard InChI is InChI=1S/C17H26/c1-7-9-17-14(5)13(4)10-12(3)11-16(8-2)15(17)6/h7,9,11,14-15,17H,8H2,1-6H3. The SMILES string of the molecule is CC=CC1C(C)C(C)=C=C(C)C=C(CC)C1C. The molecule has 0 heteroatoms. The first-order valence-electron chi connectivity index (χ1n) is 6.78. The van der Waals surface area contributed by atoms with Gasteiger partial charge in [-0.25, -0.2) is 0 Å². The second-order valence-corrected chi connectivity index (χ2v) is 5.24. The van der Waals surface area contributed by atoms with Crippen molar-refractivity contribution in [1.82, 2.24) is 0 Å². The molecule has 0 aromatic heterocycles. The monoisotopic (exact) mass is 230 g/mol. The zero-order chi connectivity index (χ0) is 13.0. The Morgan fingerprint density at radius 1 is 1.24 bits per heavy atom. The van der Waals surface area contributed by atoms with Crippen LogP contribution in [-0.2, 0) is 0 Å². The summed E-state index contributed by atoms with van der Waals surface area (Å²) in [6.07, 6.45) is 8.03. The molecule has 0 nitrogen and oxygen atoms in total. The van der Waals surface area contributed by atoms with Gasteiger partial charge in [-0.1, -0.05) is 44.6 Å². The van der Waals surface area contributed by atoms with Gasteiger partial charge in [-0.2, -0.15) is 0 Å². The van der Waals surface area contributed by atoms with Crippen molar-refractivity contribution in [2.24, 2.45) is 17.8 Å². The number of hydrogen-bond acceptors (Lipinski definition) is 0. The average molecular weight is 230 g/mol. The zero-order valence-electron chi connectivity index (χ0n) is 12.2. The summed E-state index contributed by atoms with van der Waals surface area (Å²) in [5, 5.41) is 0. The van der Waals surface area contributed by atoms with E-state index in [2.05, 4.69) is 65.5 Å². The summed E-state index contributed by atoms with van der Waals surface area (Å²) in [7, 11) is 0. The normalized spacial score (nSPS) is 30.5. The molecule has 1 aliphatic rings. The minimum Gasteiger partial charge on any atom is -0.119 e. The molecule has 1 rings (SSSR count). The largest absolute Gasteiger partial charge is 0.119 e. The van der Waals surface area contributed by atoms with Gasteiger partial charge < -0.3 is 0 Å². The minimum atomic E-state index is 0.575. The summed E-state index contributed by atoms with van der Waals surface area (Å²) in [6, 6.07) is 0. The Morgan fingerprint density at radius 2 is 1.88 bits per heavy atom. The van der Waals surface area contributed by atoms with Crippen LogP contribution in [0, 0.1) is 17.8 Å². The summed E-state index contributed by atoms with van der Waals surface area (Å²) >= 11 is 0. The van der Waals surface area contributed by atoms with Crippen molar-refractivity contribution in [2.75, 3.05) is 0 Å². The predicted octanol–water partition coefficient (Wildman–Crippen LogP) is 5.29. The highest BCUT2D eigenvalue weighted by molar-refractivity contribution is 5.28. The molecular formula is C17H26. The highest BCUT2D eigenvalue weighted by Crippen LogP contribution is 2.35. The van der Waals surface area contributed by atoms with Crippen LogP contribution in [0.5, 0.6) is 0 Å². The van der Waals surface area contributed by atoms with Gasteiger partial charge in [0.1, 0.15) is 0 Å². The zero-order valence-corrected chi connectivity index (χ0v) is 12.2. The first kappa shape index (κ1) is 14.1. The second kappa shape index (κ2) is 6.07. The molecule has 0 heterocycles. The van der Waals surface area contributed by atoms with Crippen LogP contribution in [0.1, 0.15) is 48.0 Å². The topological polar surface area (TPSA) is 0 Å². The fourth-order valence-electron chi connectivity index (χ4n) is 2.82. The second-order valence-electron chi connectivity index (χ2n) is 5.24. The van der Waals surface area contributed by atoms with Gasteiger partial charge in [-0.3, -0.25) is 0 Å². The Labute approximate surface area is 107 Å². The van der Waals surface area contributed by atoms with Crippen LogP contribution >= 0.6 is 0 Å². The van der Waals surface area contributed by atoms with E-state index < -0.39 is 0 Å². The van der Waals surface area contributed by atoms with Crippen LogP contribution in [0.25, 0.3) is 0 Å². The molecule has 0 fully saturated rings. The molecule has 0 radical (unpaired) electrons. The van der Waals surface area contributed by atoms with E-state index in [9.17, 15) is 0 Å². The Kier molecular flexibility index (Phi) is 5.02. The third kappa shape index (κ3) is 3.23. The molecule has 0 amide bonds. The minimum absolute atomic E-state index is 0.575. The third-order valence-corrected chi connectivity index (χ3v) is 4.04. The first-order valence-corrected chi connectivity index (χ1v) is 6.78. The van der Waals surface area contributed by atoms with Gasteiger partial charge in [0.25, 0.3) is 0 Å². The summed E-state index contributed by atoms with van der Waals surface area (Å²) in [5.41, 5.74) is 7.73. The molecule has 0 aromatic carbocycles. The smallest absolute Gasteiger partial charge is 0.00896 e. The average Bonchev–Trinajstić information content (AvgIpc) is 2.30. The van der Waals surface area contributed by atoms with Crippen LogP contribution in [0.2, 0.25) is 0 Å². The van der Waals surface area contributed by atoms with Crippen molar-refractivity contribution in [3.63, 3.8) is 0 Å². The van der Waals surface area contributed by atoms with E-state index in [-0.39, 0.29) is 0 Å². The van der Waals surface area contributed by atoms with Crippen LogP contribution in [-0.4, -0.2) is 0 Å². The number of rotatable bonds is 2. The van der Waals surface area contributed by atoms with Gasteiger partial charge in [0.15, 0.2) is 0 Å². The molecule has 94 valence electrons. The predicted molar refractivity (Wildman–Crippen MR) is 76.9 cm³/mol. The van der Waals surface area contributed by atoms with E-state index >= 15 is 0 Å². The molecule has 0 bridgehead atoms. The van der Waals surface area contributed by atoms with Crippen LogP contribution in [0.15, 0.2) is 40.7 Å². The highest BCUT2D eigenvalue weighted by atomic mass is 14.3. The van der Waals surface area contributed by atoms with Crippen molar-refractivity contribution in [3.8, 4) is 0 Å². The fourth-order valence-corrected chi connectivity index (χ4v) is 2.82. The van der Waals surface area contributed by atoms with Crippen molar-refractivity contribution >= 4 is 0 Å². The maximum absolute atomic E-state index is 3.53. The lowest BCUT2D eigenvalue weighted by atomic mass is 9.74. The van der Waals surface area contributed by atoms with Crippen LogP contribution in [0.3, 0.4) is 0 Å². The summed E-state index contributed by atoms with van der Waals surface area (Å²) in [4.78, 5) is 0. The van der Waals surface area contributed by atoms with Crippen molar-refractivity contribution < 1.29 is 0 Å². The van der Waals surface area contributed by atoms with Gasteiger partial charge in [0.05, 0.1) is 0 Å². The molecule has 0 saturated heterocycles. The Bertz CT molecular complexity index is 386.